The number of aromatic nitrogens is 2. The van der Waals surface area contributed by atoms with Gasteiger partial charge in [-0.05, 0) is 90.3 Å². The number of carbonyl (C=O) groups is 5. The van der Waals surface area contributed by atoms with Crippen LogP contribution in [0.5, 0.6) is 5.75 Å². The van der Waals surface area contributed by atoms with Crippen LogP contribution in [-0.2, 0) is 46.4 Å². The Morgan fingerprint density at radius 2 is 1.85 bits per heavy atom. The van der Waals surface area contributed by atoms with Gasteiger partial charge in [-0.2, -0.15) is 0 Å². The number of nitrogens with zero attached hydrogens (tertiary/aromatic N) is 5. The number of benzene rings is 2. The van der Waals surface area contributed by atoms with Gasteiger partial charge in [-0.25, -0.2) is 10.2 Å². The number of hydrogen-bond acceptors (Lipinski definition) is 11. The summed E-state index contributed by atoms with van der Waals surface area (Å²) >= 11 is 0. The van der Waals surface area contributed by atoms with Gasteiger partial charge in [0.15, 0.2) is 0 Å². The molecular weight excluding hydrogens is 843 g/mol. The number of cyclic esters (lactones) is 1. The molecule has 66 heavy (non-hydrogen) atoms. The number of pyridine rings is 1. The van der Waals surface area contributed by atoms with Crippen LogP contribution in [-0.4, -0.2) is 125 Å². The summed E-state index contributed by atoms with van der Waals surface area (Å²) in [5.74, 6) is -3.25. The number of phenols is 1. The van der Waals surface area contributed by atoms with Gasteiger partial charge in [0, 0.05) is 80.8 Å². The van der Waals surface area contributed by atoms with Crippen molar-refractivity contribution in [1.82, 2.24) is 35.1 Å². The highest BCUT2D eigenvalue weighted by atomic mass is 16.5. The fourth-order valence-electron chi connectivity index (χ4n) is 11.0. The largest absolute Gasteiger partial charge is 0.508 e. The number of fused-ring (bicyclic) bond motifs is 8. The molecule has 0 spiro atoms. The van der Waals surface area contributed by atoms with Crippen LogP contribution in [0.15, 0.2) is 54.7 Å². The minimum absolute atomic E-state index is 0.0166. The second-order valence-electron chi connectivity index (χ2n) is 19.5. The van der Waals surface area contributed by atoms with E-state index in [9.17, 15) is 29.1 Å². The Labute approximate surface area is 385 Å². The lowest BCUT2D eigenvalue weighted by molar-refractivity contribution is -0.156. The number of aryl methyl sites for hydroxylation is 1. The van der Waals surface area contributed by atoms with E-state index in [4.69, 9.17) is 19.2 Å². The van der Waals surface area contributed by atoms with Crippen molar-refractivity contribution >= 4 is 40.7 Å². The number of ether oxygens (including phenoxy) is 3. The van der Waals surface area contributed by atoms with Gasteiger partial charge in [0.1, 0.15) is 30.0 Å². The van der Waals surface area contributed by atoms with Crippen molar-refractivity contribution in [2.75, 3.05) is 47.5 Å². The van der Waals surface area contributed by atoms with Crippen LogP contribution < -0.4 is 10.7 Å². The average molecular weight is 906 g/mol. The topological polar surface area (TPSA) is 185 Å². The highest BCUT2D eigenvalue weighted by Gasteiger charge is 2.48. The molecule has 2 unspecified atom stereocenters. The number of likely N-dealkylation sites (tertiary alicyclic amines) is 1. The van der Waals surface area contributed by atoms with E-state index in [1.165, 1.54) is 21.9 Å². The normalized spacial score (nSPS) is 24.3. The standard InChI is InChI=1S/C50H63N7O9/c1-10-56-38-16-15-30-23-34(38)39-40(44(64-8)41-33(43(39)56)13-11-17-51-41)50(5,6)26-66-48(62)36-14-12-18-57(53-36)47(61)37(21-29-19-31(30)22-32(58)20-29)52-45(59)42(27(2)3)54(7)46(60)35-25-55(24-28(35)4)49(63)65-9/h11,13,15-17,19-20,22-23,27-28,35-37,40,42,44,53,58H,10,12,14,18,21,24-26H2,1-9H3,(H,52,59)/t28?,35-,36+,37+,40?,42+,44+/m1/s1. The molecule has 0 saturated carbocycles. The maximum absolute atomic E-state index is 14.8. The molecular formula is C50H63N7O9. The van der Waals surface area contributed by atoms with E-state index < -0.39 is 59.4 Å². The van der Waals surface area contributed by atoms with Crippen LogP contribution >= 0.6 is 0 Å². The summed E-state index contributed by atoms with van der Waals surface area (Å²) in [4.78, 5) is 77.7. The summed E-state index contributed by atoms with van der Waals surface area (Å²) in [5.41, 5.74) is 9.45. The van der Waals surface area contributed by atoms with Crippen molar-refractivity contribution in [1.29, 1.82) is 0 Å². The SMILES string of the molecule is CCn1c2c3c4cc(ccc41)-c1cc(O)cc(c1)C[C@H](NC(=O)[C@H](C(C)C)N(C)C(=O)[C@@H]1CN(C(=O)OC)CC1C)C(=O)N1CCC[C@H](N1)C(=O)OCC(C)(C)C3[C@H](OC)c1ncccc1-2. The molecule has 5 heterocycles. The molecule has 8 rings (SSSR count). The lowest BCUT2D eigenvalue weighted by Crippen LogP contribution is -2.62. The molecule has 2 aromatic heterocycles. The third kappa shape index (κ3) is 8.38. The molecule has 16 heteroatoms. The van der Waals surface area contributed by atoms with Crippen molar-refractivity contribution in [2.45, 2.75) is 97.5 Å². The Morgan fingerprint density at radius 3 is 2.56 bits per heavy atom. The number of nitrogens with one attached hydrogen (secondary N) is 2. The third-order valence-corrected chi connectivity index (χ3v) is 14.2. The van der Waals surface area contributed by atoms with Crippen LogP contribution in [0.4, 0.5) is 4.79 Å². The second kappa shape index (κ2) is 18.4. The van der Waals surface area contributed by atoms with E-state index in [1.54, 1.807) is 32.5 Å². The molecule has 3 N–H and O–H groups in total. The maximum Gasteiger partial charge on any atom is 0.409 e. The number of rotatable bonds is 7. The van der Waals surface area contributed by atoms with Gasteiger partial charge >= 0.3 is 12.1 Å². The van der Waals surface area contributed by atoms with E-state index in [0.717, 1.165) is 39.0 Å². The van der Waals surface area contributed by atoms with Gasteiger partial charge in [0.2, 0.25) is 11.8 Å². The first-order chi connectivity index (χ1) is 31.5. The molecule has 1 aliphatic carbocycles. The molecule has 352 valence electrons. The van der Waals surface area contributed by atoms with Crippen LogP contribution in [0, 0.1) is 23.2 Å². The number of amides is 4. The van der Waals surface area contributed by atoms with Crippen molar-refractivity contribution in [3.63, 3.8) is 0 Å². The van der Waals surface area contributed by atoms with Crippen LogP contribution in [0.1, 0.15) is 83.2 Å². The number of esters is 1. The molecule has 6 bridgehead atoms. The first-order valence-corrected chi connectivity index (χ1v) is 23.1. The highest BCUT2D eigenvalue weighted by molar-refractivity contribution is 5.97. The van der Waals surface area contributed by atoms with Crippen LogP contribution in [0.25, 0.3) is 33.3 Å². The highest BCUT2D eigenvalue weighted by Crippen LogP contribution is 2.57. The molecule has 4 aliphatic rings. The van der Waals surface area contributed by atoms with E-state index >= 15 is 0 Å². The Morgan fingerprint density at radius 1 is 1.08 bits per heavy atom. The Hall–Kier alpha value is -6.00. The Bertz CT molecular complexity index is 2550. The quantitative estimate of drug-likeness (QED) is 0.191. The predicted octanol–water partition coefficient (Wildman–Crippen LogP) is 5.80. The molecule has 0 radical (unpaired) electrons. The lowest BCUT2D eigenvalue weighted by atomic mass is 9.67. The average Bonchev–Trinajstić information content (AvgIpc) is 3.85. The molecule has 2 aromatic carbocycles. The zero-order valence-electron chi connectivity index (χ0n) is 39.4. The summed E-state index contributed by atoms with van der Waals surface area (Å²) < 4.78 is 19.8. The fourth-order valence-corrected chi connectivity index (χ4v) is 11.0. The maximum atomic E-state index is 14.8. The number of phenolic OH excluding ortho intramolecular Hbond substituents is 1. The number of hydrazine groups is 1. The molecule has 3 aliphatic heterocycles. The molecule has 7 atom stereocenters. The summed E-state index contributed by atoms with van der Waals surface area (Å²) in [6.07, 6.45) is 1.68. The number of hydrogen-bond donors (Lipinski definition) is 3. The molecule has 16 nitrogen and oxygen atoms in total. The van der Waals surface area contributed by atoms with E-state index in [-0.39, 0.29) is 55.5 Å². The lowest BCUT2D eigenvalue weighted by Gasteiger charge is -2.42. The smallest absolute Gasteiger partial charge is 0.409 e. The monoisotopic (exact) mass is 905 g/mol. The summed E-state index contributed by atoms with van der Waals surface area (Å²) in [5, 5.41) is 16.7. The van der Waals surface area contributed by atoms with Gasteiger partial charge in [0.25, 0.3) is 5.91 Å². The van der Waals surface area contributed by atoms with E-state index in [0.29, 0.717) is 37.1 Å². The fraction of sp³-hybridized carbons (Fsp3) is 0.520. The summed E-state index contributed by atoms with van der Waals surface area (Å²) in [6.45, 7) is 13.3. The molecule has 2 saturated heterocycles. The number of aromatic hydroxyl groups is 1. The number of likely N-dealkylation sites (N-methyl/N-ethyl adjacent to an activating group) is 1. The van der Waals surface area contributed by atoms with E-state index in [1.807, 2.05) is 39.0 Å². The van der Waals surface area contributed by atoms with Crippen molar-refractivity contribution in [2.24, 2.45) is 23.2 Å². The Kier molecular flexibility index (Phi) is 12.9. The first-order valence-electron chi connectivity index (χ1n) is 23.1. The number of carbonyl (C=O) groups excluding carboxylic acids is 5. The predicted molar refractivity (Wildman–Crippen MR) is 247 cm³/mol. The van der Waals surface area contributed by atoms with Gasteiger partial charge in [0.05, 0.1) is 31.0 Å². The zero-order valence-corrected chi connectivity index (χ0v) is 39.4. The van der Waals surface area contributed by atoms with E-state index in [2.05, 4.69) is 54.3 Å². The minimum atomic E-state index is -1.18. The minimum Gasteiger partial charge on any atom is -0.508 e. The zero-order chi connectivity index (χ0) is 47.4. The van der Waals surface area contributed by atoms with Crippen molar-refractivity contribution < 1.29 is 43.3 Å². The van der Waals surface area contributed by atoms with Crippen molar-refractivity contribution in [3.8, 4) is 28.1 Å². The second-order valence-corrected chi connectivity index (χ2v) is 19.5. The van der Waals surface area contributed by atoms with Gasteiger partial charge in [-0.15, -0.1) is 0 Å². The summed E-state index contributed by atoms with van der Waals surface area (Å²) in [6, 6.07) is 12.5. The van der Waals surface area contributed by atoms with Gasteiger partial charge < -0.3 is 39.0 Å². The first kappa shape index (κ1) is 46.5. The van der Waals surface area contributed by atoms with Crippen LogP contribution in [0.3, 0.4) is 0 Å². The summed E-state index contributed by atoms with van der Waals surface area (Å²) in [7, 11) is 4.56. The van der Waals surface area contributed by atoms with Gasteiger partial charge in [-0.1, -0.05) is 46.8 Å². The Balaban J connectivity index is 1.21. The molecule has 4 aromatic rings. The van der Waals surface area contributed by atoms with Gasteiger partial charge in [-0.3, -0.25) is 29.2 Å². The molecule has 2 fully saturated rings. The third-order valence-electron chi connectivity index (χ3n) is 14.2. The van der Waals surface area contributed by atoms with Crippen molar-refractivity contribution in [3.05, 3.63) is 71.5 Å². The van der Waals surface area contributed by atoms with Crippen LogP contribution in [0.2, 0.25) is 0 Å². The number of methoxy groups -OCH3 is 2. The molecule has 4 amide bonds.